The number of phenolic OH excluding ortho intramolecular Hbond substituents is 1. The van der Waals surface area contributed by atoms with Gasteiger partial charge in [-0.25, -0.2) is 0 Å². The van der Waals surface area contributed by atoms with Crippen molar-refractivity contribution in [1.82, 2.24) is 0 Å². The lowest BCUT2D eigenvalue weighted by Gasteiger charge is -2.08. The molecule has 0 radical (unpaired) electrons. The molecule has 0 heterocycles. The van der Waals surface area contributed by atoms with Gasteiger partial charge in [0.05, 0.1) is 30.1 Å². The molecular weight excluding hydrogens is 400 g/mol. The zero-order valence-electron chi connectivity index (χ0n) is 15.6. The molecule has 2 N–H and O–H groups in total. The molecule has 0 spiro atoms. The minimum Gasteiger partial charge on any atom is -0.500 e. The summed E-state index contributed by atoms with van der Waals surface area (Å²) in [5.41, 5.74) is -1.80. The molecule has 0 aliphatic rings. The maximum absolute atomic E-state index is 12.4. The third-order valence-corrected chi connectivity index (χ3v) is 3.82. The molecule has 0 atom stereocenters. The van der Waals surface area contributed by atoms with Gasteiger partial charge in [-0.15, -0.1) is 0 Å². The number of nitrogens with one attached hydrogen (secondary N) is 1. The Balaban J connectivity index is 2.44. The highest BCUT2D eigenvalue weighted by Gasteiger charge is 2.22. The van der Waals surface area contributed by atoms with Crippen LogP contribution >= 0.6 is 0 Å². The summed E-state index contributed by atoms with van der Waals surface area (Å²) in [6.07, 6.45) is 1.01. The van der Waals surface area contributed by atoms with Crippen LogP contribution in [0.5, 0.6) is 17.2 Å². The maximum Gasteiger partial charge on any atom is 0.315 e. The average molecular weight is 414 g/mol. The van der Waals surface area contributed by atoms with Crippen LogP contribution in [0.1, 0.15) is 5.56 Å². The van der Waals surface area contributed by atoms with Crippen LogP contribution in [0.15, 0.2) is 35.9 Å². The molecule has 0 saturated heterocycles. The molecule has 2 rings (SSSR count). The quantitative estimate of drug-likeness (QED) is 0.298. The van der Waals surface area contributed by atoms with Gasteiger partial charge in [-0.05, 0) is 29.8 Å². The summed E-state index contributed by atoms with van der Waals surface area (Å²) in [5.74, 6) is -1.74. The molecule has 0 aromatic heterocycles. The molecule has 0 aliphatic carbocycles. The van der Waals surface area contributed by atoms with Gasteiger partial charge in [0.1, 0.15) is 23.1 Å². The average Bonchev–Trinajstić information content (AvgIpc) is 2.72. The Kier molecular flexibility index (Phi) is 6.51. The summed E-state index contributed by atoms with van der Waals surface area (Å²) in [5, 5.41) is 43.7. The number of nitro benzene ring substituents is 2. The number of ether oxygens (including phenoxy) is 2. The number of nitrogens with zero attached hydrogens (tertiary/aromatic N) is 3. The first kappa shape index (κ1) is 21.6. The van der Waals surface area contributed by atoms with Crippen molar-refractivity contribution in [3.63, 3.8) is 0 Å². The first-order chi connectivity index (χ1) is 14.2. The van der Waals surface area contributed by atoms with E-state index in [1.165, 1.54) is 32.4 Å². The van der Waals surface area contributed by atoms with E-state index in [4.69, 9.17) is 9.47 Å². The molecule has 12 heteroatoms. The van der Waals surface area contributed by atoms with Crippen molar-refractivity contribution in [2.45, 2.75) is 0 Å². The molecule has 0 aliphatic heterocycles. The number of hydrogen-bond donors (Lipinski definition) is 2. The number of carbonyl (C=O) groups is 1. The van der Waals surface area contributed by atoms with E-state index in [1.54, 1.807) is 6.07 Å². The van der Waals surface area contributed by atoms with Gasteiger partial charge in [-0.2, -0.15) is 5.26 Å². The molecule has 154 valence electrons. The summed E-state index contributed by atoms with van der Waals surface area (Å²) >= 11 is 0. The molecule has 0 unspecified atom stereocenters. The zero-order valence-corrected chi connectivity index (χ0v) is 15.6. The predicted octanol–water partition coefficient (Wildman–Crippen LogP) is 2.77. The Morgan fingerprint density at radius 2 is 1.80 bits per heavy atom. The van der Waals surface area contributed by atoms with Crippen LogP contribution in [0.2, 0.25) is 0 Å². The monoisotopic (exact) mass is 414 g/mol. The van der Waals surface area contributed by atoms with Gasteiger partial charge < -0.3 is 19.9 Å². The van der Waals surface area contributed by atoms with Crippen molar-refractivity contribution in [3.8, 4) is 23.3 Å². The van der Waals surface area contributed by atoms with Gasteiger partial charge in [0.25, 0.3) is 11.6 Å². The lowest BCUT2D eigenvalue weighted by Crippen LogP contribution is -2.14. The standard InChI is InChI=1S/C18H14N4O8/c1-29-12-3-4-13(14(8-12)21(25)26)20-18(24)11(9-19)5-10-6-15(22(27)28)17(23)16(7-10)30-2/h3-8,23H,1-2H3,(H,20,24). The van der Waals surface area contributed by atoms with Crippen LogP contribution in [-0.2, 0) is 4.79 Å². The van der Waals surface area contributed by atoms with E-state index in [2.05, 4.69) is 5.32 Å². The van der Waals surface area contributed by atoms with Crippen LogP contribution < -0.4 is 14.8 Å². The Labute approximate surface area is 168 Å². The van der Waals surface area contributed by atoms with Crippen molar-refractivity contribution < 1.29 is 29.2 Å². The van der Waals surface area contributed by atoms with E-state index in [9.17, 15) is 35.4 Å². The number of phenols is 1. The minimum absolute atomic E-state index is 0.0206. The second-order valence-electron chi connectivity index (χ2n) is 5.61. The highest BCUT2D eigenvalue weighted by molar-refractivity contribution is 6.10. The zero-order chi connectivity index (χ0) is 22.4. The predicted molar refractivity (Wildman–Crippen MR) is 103 cm³/mol. The number of carbonyl (C=O) groups excluding carboxylic acids is 1. The highest BCUT2D eigenvalue weighted by Crippen LogP contribution is 2.37. The fraction of sp³-hybridized carbons (Fsp3) is 0.111. The van der Waals surface area contributed by atoms with Gasteiger partial charge >= 0.3 is 5.69 Å². The van der Waals surface area contributed by atoms with Crippen molar-refractivity contribution >= 4 is 29.0 Å². The Morgan fingerprint density at radius 1 is 1.13 bits per heavy atom. The van der Waals surface area contributed by atoms with E-state index in [0.717, 1.165) is 18.2 Å². The fourth-order valence-corrected chi connectivity index (χ4v) is 2.39. The minimum atomic E-state index is -0.986. The lowest BCUT2D eigenvalue weighted by molar-refractivity contribution is -0.386. The van der Waals surface area contributed by atoms with Crippen LogP contribution in [0.25, 0.3) is 6.08 Å². The maximum atomic E-state index is 12.4. The van der Waals surface area contributed by atoms with Crippen molar-refractivity contribution in [1.29, 1.82) is 5.26 Å². The van der Waals surface area contributed by atoms with Crippen molar-refractivity contribution in [2.24, 2.45) is 0 Å². The second kappa shape index (κ2) is 9.02. The van der Waals surface area contributed by atoms with Crippen LogP contribution in [-0.4, -0.2) is 35.1 Å². The number of benzene rings is 2. The molecular formula is C18H14N4O8. The normalized spacial score (nSPS) is 10.6. The van der Waals surface area contributed by atoms with Gasteiger partial charge in [-0.1, -0.05) is 0 Å². The summed E-state index contributed by atoms with van der Waals surface area (Å²) in [6, 6.07) is 7.46. The van der Waals surface area contributed by atoms with Crippen molar-refractivity contribution in [3.05, 3.63) is 61.7 Å². The second-order valence-corrected chi connectivity index (χ2v) is 5.61. The fourth-order valence-electron chi connectivity index (χ4n) is 2.39. The van der Waals surface area contributed by atoms with Gasteiger partial charge in [0.15, 0.2) is 5.75 Å². The number of nitriles is 1. The lowest BCUT2D eigenvalue weighted by atomic mass is 10.1. The number of amides is 1. The first-order valence-corrected chi connectivity index (χ1v) is 8.02. The SMILES string of the molecule is COc1ccc(NC(=O)C(C#N)=Cc2cc(OC)c(O)c([N+](=O)[O-])c2)c([N+](=O)[O-])c1. The summed E-state index contributed by atoms with van der Waals surface area (Å²) in [4.78, 5) is 33.2. The number of hydrogen-bond acceptors (Lipinski definition) is 9. The van der Waals surface area contributed by atoms with E-state index < -0.39 is 38.5 Å². The van der Waals surface area contributed by atoms with E-state index in [-0.39, 0.29) is 22.7 Å². The summed E-state index contributed by atoms with van der Waals surface area (Å²) < 4.78 is 9.76. The number of nitro groups is 2. The van der Waals surface area contributed by atoms with Gasteiger partial charge in [0, 0.05) is 6.07 Å². The third-order valence-electron chi connectivity index (χ3n) is 3.82. The molecule has 0 saturated carbocycles. The third kappa shape index (κ3) is 4.60. The topological polar surface area (TPSA) is 178 Å². The van der Waals surface area contributed by atoms with E-state index in [0.29, 0.717) is 0 Å². The van der Waals surface area contributed by atoms with Gasteiger partial charge in [0.2, 0.25) is 5.75 Å². The number of anilines is 1. The molecule has 0 fully saturated rings. The van der Waals surface area contributed by atoms with Crippen LogP contribution in [0, 0.1) is 31.6 Å². The first-order valence-electron chi connectivity index (χ1n) is 8.02. The summed E-state index contributed by atoms with van der Waals surface area (Å²) in [6.45, 7) is 0. The molecule has 2 aromatic carbocycles. The van der Waals surface area contributed by atoms with Gasteiger partial charge in [-0.3, -0.25) is 25.0 Å². The highest BCUT2D eigenvalue weighted by atomic mass is 16.6. The Morgan fingerprint density at radius 3 is 2.33 bits per heavy atom. The number of rotatable bonds is 7. The molecule has 12 nitrogen and oxygen atoms in total. The number of methoxy groups -OCH3 is 2. The largest absolute Gasteiger partial charge is 0.500 e. The van der Waals surface area contributed by atoms with Crippen molar-refractivity contribution in [2.75, 3.05) is 19.5 Å². The molecule has 0 bridgehead atoms. The molecule has 1 amide bonds. The van der Waals surface area contributed by atoms with Crippen LogP contribution in [0.4, 0.5) is 17.1 Å². The molecule has 2 aromatic rings. The summed E-state index contributed by atoms with van der Waals surface area (Å²) in [7, 11) is 2.49. The molecule has 30 heavy (non-hydrogen) atoms. The van der Waals surface area contributed by atoms with E-state index >= 15 is 0 Å². The number of aromatic hydroxyl groups is 1. The Bertz CT molecular complexity index is 1100. The smallest absolute Gasteiger partial charge is 0.315 e. The van der Waals surface area contributed by atoms with E-state index in [1.807, 2.05) is 0 Å². The van der Waals surface area contributed by atoms with Crippen LogP contribution in [0.3, 0.4) is 0 Å². The Hall–Kier alpha value is -4.66.